The van der Waals surface area contributed by atoms with Crippen LogP contribution in [0.25, 0.3) is 0 Å². The number of hydrogen-bond donors (Lipinski definition) is 2. The first-order chi connectivity index (χ1) is 10.1. The number of aliphatic hydroxyl groups excluding tert-OH is 1. The number of anilines is 1. The molecule has 2 N–H and O–H groups in total. The Hall–Kier alpha value is -1.21. The van der Waals surface area contributed by atoms with Crippen LogP contribution in [0.4, 0.5) is 11.5 Å². The van der Waals surface area contributed by atoms with Crippen molar-refractivity contribution in [1.82, 2.24) is 4.98 Å². The number of rotatable bonds is 6. The highest BCUT2D eigenvalue weighted by Crippen LogP contribution is 2.28. The van der Waals surface area contributed by atoms with Crippen molar-refractivity contribution in [2.24, 2.45) is 5.92 Å². The molecular weight excluding hydrogens is 338 g/mol. The molecule has 1 aliphatic carbocycles. The van der Waals surface area contributed by atoms with Crippen molar-refractivity contribution >= 4 is 27.4 Å². The van der Waals surface area contributed by atoms with Crippen molar-refractivity contribution in [2.45, 2.75) is 44.6 Å². The van der Waals surface area contributed by atoms with Crippen LogP contribution in [0.2, 0.25) is 0 Å². The van der Waals surface area contributed by atoms with E-state index >= 15 is 0 Å². The van der Waals surface area contributed by atoms with E-state index in [0.717, 1.165) is 32.1 Å². The van der Waals surface area contributed by atoms with Crippen LogP contribution >= 0.6 is 15.9 Å². The van der Waals surface area contributed by atoms with Gasteiger partial charge in [-0.2, -0.15) is 0 Å². The van der Waals surface area contributed by atoms with Gasteiger partial charge in [0.05, 0.1) is 11.0 Å². The lowest BCUT2D eigenvalue weighted by atomic mass is 9.83. The fourth-order valence-electron chi connectivity index (χ4n) is 2.80. The summed E-state index contributed by atoms with van der Waals surface area (Å²) in [6, 6.07) is 1.44. The Morgan fingerprint density at radius 1 is 1.48 bits per heavy atom. The minimum absolute atomic E-state index is 0.0259. The predicted octanol–water partition coefficient (Wildman–Crippen LogP) is 3.50. The lowest BCUT2D eigenvalue weighted by molar-refractivity contribution is -0.384. The Morgan fingerprint density at radius 2 is 2.24 bits per heavy atom. The van der Waals surface area contributed by atoms with Crippen molar-refractivity contribution in [2.75, 3.05) is 11.9 Å². The van der Waals surface area contributed by atoms with Gasteiger partial charge in [-0.3, -0.25) is 10.1 Å². The summed E-state index contributed by atoms with van der Waals surface area (Å²) >= 11 is 3.18. The first-order valence-electron chi connectivity index (χ1n) is 7.30. The molecule has 116 valence electrons. The largest absolute Gasteiger partial charge is 0.393 e. The Morgan fingerprint density at radius 3 is 2.95 bits per heavy atom. The van der Waals surface area contributed by atoms with E-state index in [-0.39, 0.29) is 11.8 Å². The Bertz CT molecular complexity index is 498. The number of pyridine rings is 1. The van der Waals surface area contributed by atoms with Crippen LogP contribution in [0.5, 0.6) is 0 Å². The molecule has 2 atom stereocenters. The third kappa shape index (κ3) is 4.64. The molecule has 2 rings (SSSR count). The van der Waals surface area contributed by atoms with Gasteiger partial charge in [-0.05, 0) is 47.5 Å². The van der Waals surface area contributed by atoms with Gasteiger partial charge >= 0.3 is 5.69 Å². The third-order valence-electron chi connectivity index (χ3n) is 3.94. The van der Waals surface area contributed by atoms with Crippen LogP contribution in [0.3, 0.4) is 0 Å². The fraction of sp³-hybridized carbons (Fsp3) is 0.643. The SMILES string of the molecule is O=[N+]([O-])c1cc(Br)cnc1NCCCC1CCCCC1O. The summed E-state index contributed by atoms with van der Waals surface area (Å²) < 4.78 is 0.588. The molecule has 1 aromatic rings. The topological polar surface area (TPSA) is 88.3 Å². The first-order valence-corrected chi connectivity index (χ1v) is 8.09. The van der Waals surface area contributed by atoms with Gasteiger partial charge < -0.3 is 10.4 Å². The average Bonchev–Trinajstić information content (AvgIpc) is 2.46. The molecule has 0 aliphatic heterocycles. The minimum atomic E-state index is -0.440. The van der Waals surface area contributed by atoms with Crippen LogP contribution in [-0.2, 0) is 0 Å². The van der Waals surface area contributed by atoms with Crippen molar-refractivity contribution in [3.05, 3.63) is 26.9 Å². The van der Waals surface area contributed by atoms with Gasteiger partial charge in [0.1, 0.15) is 0 Å². The summed E-state index contributed by atoms with van der Waals surface area (Å²) in [5.74, 6) is 0.667. The summed E-state index contributed by atoms with van der Waals surface area (Å²) in [6.45, 7) is 0.624. The van der Waals surface area contributed by atoms with E-state index in [2.05, 4.69) is 26.2 Å². The number of aliphatic hydroxyl groups is 1. The van der Waals surface area contributed by atoms with Gasteiger partial charge in [-0.15, -0.1) is 0 Å². The van der Waals surface area contributed by atoms with Crippen LogP contribution in [0.15, 0.2) is 16.7 Å². The lowest BCUT2D eigenvalue weighted by Gasteiger charge is -2.27. The highest BCUT2D eigenvalue weighted by molar-refractivity contribution is 9.10. The van der Waals surface area contributed by atoms with E-state index < -0.39 is 4.92 Å². The highest BCUT2D eigenvalue weighted by Gasteiger charge is 2.22. The predicted molar refractivity (Wildman–Crippen MR) is 84.3 cm³/mol. The van der Waals surface area contributed by atoms with E-state index in [1.807, 2.05) is 0 Å². The highest BCUT2D eigenvalue weighted by atomic mass is 79.9. The molecule has 2 unspecified atom stereocenters. The van der Waals surface area contributed by atoms with E-state index in [1.54, 1.807) is 6.20 Å². The van der Waals surface area contributed by atoms with Crippen molar-refractivity contribution < 1.29 is 10.0 Å². The molecule has 0 amide bonds. The van der Waals surface area contributed by atoms with Gasteiger partial charge in [-0.25, -0.2) is 4.98 Å². The number of halogens is 1. The summed E-state index contributed by atoms with van der Waals surface area (Å²) in [7, 11) is 0. The Labute approximate surface area is 132 Å². The monoisotopic (exact) mass is 357 g/mol. The number of nitrogens with one attached hydrogen (secondary N) is 1. The minimum Gasteiger partial charge on any atom is -0.393 e. The first kappa shape index (κ1) is 16.2. The molecule has 21 heavy (non-hydrogen) atoms. The molecule has 0 saturated heterocycles. The molecule has 6 nitrogen and oxygen atoms in total. The Balaban J connectivity index is 1.82. The molecule has 7 heteroatoms. The molecule has 1 fully saturated rings. The number of nitrogens with zero attached hydrogens (tertiary/aromatic N) is 2. The average molecular weight is 358 g/mol. The van der Waals surface area contributed by atoms with Gasteiger partial charge in [0.25, 0.3) is 0 Å². The molecular formula is C14H20BrN3O3. The number of hydrogen-bond acceptors (Lipinski definition) is 5. The zero-order chi connectivity index (χ0) is 15.2. The van der Waals surface area contributed by atoms with Crippen molar-refractivity contribution in [1.29, 1.82) is 0 Å². The summed E-state index contributed by atoms with van der Waals surface area (Å²) in [5.41, 5.74) is -0.0259. The quantitative estimate of drug-likeness (QED) is 0.462. The zero-order valence-corrected chi connectivity index (χ0v) is 13.4. The summed E-state index contributed by atoms with van der Waals surface area (Å²) in [6.07, 6.45) is 7.46. The summed E-state index contributed by atoms with van der Waals surface area (Å²) in [5, 5.41) is 23.9. The van der Waals surface area contributed by atoms with Gasteiger partial charge in [-0.1, -0.05) is 12.8 Å². The molecule has 1 aliphatic rings. The fourth-order valence-corrected chi connectivity index (χ4v) is 3.12. The molecule has 1 aromatic heterocycles. The number of nitro groups is 1. The molecule has 0 spiro atoms. The molecule has 0 radical (unpaired) electrons. The van der Waals surface area contributed by atoms with Crippen LogP contribution < -0.4 is 5.32 Å². The standard InChI is InChI=1S/C14H20BrN3O3/c15-11-8-12(18(20)21)14(17-9-11)16-7-3-5-10-4-1-2-6-13(10)19/h8-10,13,19H,1-7H2,(H,16,17). The van der Waals surface area contributed by atoms with Crippen LogP contribution in [-0.4, -0.2) is 27.7 Å². The second kappa shape index (κ2) is 7.70. The molecule has 0 bridgehead atoms. The van der Waals surface area contributed by atoms with Gasteiger partial charge in [0.2, 0.25) is 5.82 Å². The maximum Gasteiger partial charge on any atom is 0.312 e. The normalized spacial score (nSPS) is 22.0. The maximum absolute atomic E-state index is 11.0. The van der Waals surface area contributed by atoms with Crippen molar-refractivity contribution in [3.8, 4) is 0 Å². The smallest absolute Gasteiger partial charge is 0.312 e. The van der Waals surface area contributed by atoms with Gasteiger partial charge in [0.15, 0.2) is 0 Å². The molecule has 1 saturated carbocycles. The van der Waals surface area contributed by atoms with Crippen LogP contribution in [0.1, 0.15) is 38.5 Å². The Kier molecular flexibility index (Phi) is 5.93. The van der Waals surface area contributed by atoms with E-state index in [4.69, 9.17) is 0 Å². The van der Waals surface area contributed by atoms with E-state index in [9.17, 15) is 15.2 Å². The van der Waals surface area contributed by atoms with Crippen molar-refractivity contribution in [3.63, 3.8) is 0 Å². The second-order valence-electron chi connectivity index (χ2n) is 5.46. The van der Waals surface area contributed by atoms with E-state index in [1.165, 1.54) is 12.5 Å². The second-order valence-corrected chi connectivity index (χ2v) is 6.37. The number of aromatic nitrogens is 1. The summed E-state index contributed by atoms with van der Waals surface area (Å²) in [4.78, 5) is 14.6. The molecule has 1 heterocycles. The third-order valence-corrected chi connectivity index (χ3v) is 4.38. The zero-order valence-electron chi connectivity index (χ0n) is 11.8. The lowest BCUT2D eigenvalue weighted by Crippen LogP contribution is -2.24. The van der Waals surface area contributed by atoms with E-state index in [0.29, 0.717) is 22.8 Å². The van der Waals surface area contributed by atoms with Crippen LogP contribution in [0, 0.1) is 16.0 Å². The maximum atomic E-state index is 11.0. The van der Waals surface area contributed by atoms with Gasteiger partial charge in [0, 0.05) is 23.3 Å². The molecule has 0 aromatic carbocycles.